The van der Waals surface area contributed by atoms with Crippen LogP contribution in [0.3, 0.4) is 0 Å². The molecule has 0 saturated heterocycles. The van der Waals surface area contributed by atoms with Crippen LogP contribution in [0.4, 0.5) is 0 Å². The Morgan fingerprint density at radius 2 is 1.95 bits per heavy atom. The highest BCUT2D eigenvalue weighted by molar-refractivity contribution is 5.33. The smallest absolute Gasteiger partial charge is 0.123 e. The van der Waals surface area contributed by atoms with Crippen molar-refractivity contribution in [2.75, 3.05) is 13.2 Å². The summed E-state index contributed by atoms with van der Waals surface area (Å²) in [6, 6.07) is 8.06. The van der Waals surface area contributed by atoms with Crippen molar-refractivity contribution < 1.29 is 9.84 Å². The molecule has 0 spiro atoms. The lowest BCUT2D eigenvalue weighted by molar-refractivity contribution is 0.0552. The Labute approximate surface area is 117 Å². The molecule has 2 N–H and O–H groups in total. The van der Waals surface area contributed by atoms with Crippen molar-refractivity contribution in [2.24, 2.45) is 5.92 Å². The molecular formula is C16H27NO2. The van der Waals surface area contributed by atoms with Crippen LogP contribution in [0, 0.1) is 5.92 Å². The molecule has 3 nitrogen and oxygen atoms in total. The summed E-state index contributed by atoms with van der Waals surface area (Å²) in [7, 11) is 0. The van der Waals surface area contributed by atoms with Gasteiger partial charge in [-0.2, -0.15) is 0 Å². The van der Waals surface area contributed by atoms with Gasteiger partial charge in [0.15, 0.2) is 0 Å². The average molecular weight is 265 g/mol. The van der Waals surface area contributed by atoms with Crippen LogP contribution in [-0.2, 0) is 6.54 Å². The van der Waals surface area contributed by atoms with Gasteiger partial charge in [-0.05, 0) is 32.4 Å². The summed E-state index contributed by atoms with van der Waals surface area (Å²) in [5.41, 5.74) is 0.490. The van der Waals surface area contributed by atoms with E-state index in [1.807, 2.05) is 18.2 Å². The quantitative estimate of drug-likeness (QED) is 0.759. The van der Waals surface area contributed by atoms with E-state index in [-0.39, 0.29) is 0 Å². The Hall–Kier alpha value is -1.06. The maximum atomic E-state index is 9.68. The number of aliphatic hydroxyl groups is 1. The summed E-state index contributed by atoms with van der Waals surface area (Å²) in [4.78, 5) is 0. The Balaban J connectivity index is 2.48. The van der Waals surface area contributed by atoms with Crippen LogP contribution in [0.1, 0.15) is 39.7 Å². The highest BCUT2D eigenvalue weighted by Crippen LogP contribution is 2.19. The zero-order valence-corrected chi connectivity index (χ0v) is 12.6. The van der Waals surface area contributed by atoms with Crippen LogP contribution in [0.2, 0.25) is 0 Å². The summed E-state index contributed by atoms with van der Waals surface area (Å²) >= 11 is 0. The minimum Gasteiger partial charge on any atom is -0.493 e. The van der Waals surface area contributed by atoms with E-state index in [2.05, 4.69) is 25.2 Å². The molecular weight excluding hydrogens is 238 g/mol. The standard InChI is InChI=1S/C16H27NO2/c1-13(2)11-17-12-14-7-5-6-8-15(14)19-10-9-16(3,4)18/h5-8,13,17-18H,9-12H2,1-4H3. The summed E-state index contributed by atoms with van der Waals surface area (Å²) < 4.78 is 5.77. The van der Waals surface area contributed by atoms with Crippen LogP contribution < -0.4 is 10.1 Å². The molecule has 0 saturated carbocycles. The maximum Gasteiger partial charge on any atom is 0.123 e. The molecule has 0 unspecified atom stereocenters. The van der Waals surface area contributed by atoms with Gasteiger partial charge < -0.3 is 15.2 Å². The lowest BCUT2D eigenvalue weighted by Gasteiger charge is -2.18. The van der Waals surface area contributed by atoms with E-state index in [9.17, 15) is 5.11 Å². The third kappa shape index (κ3) is 7.19. The minimum absolute atomic E-state index is 0.532. The first-order chi connectivity index (χ1) is 8.88. The fraction of sp³-hybridized carbons (Fsp3) is 0.625. The Morgan fingerprint density at radius 3 is 2.58 bits per heavy atom. The maximum absolute atomic E-state index is 9.68. The van der Waals surface area contributed by atoms with E-state index in [0.717, 1.165) is 18.8 Å². The molecule has 0 heterocycles. The normalized spacial score (nSPS) is 11.9. The molecule has 0 aliphatic carbocycles. The van der Waals surface area contributed by atoms with Crippen molar-refractivity contribution in [3.05, 3.63) is 29.8 Å². The summed E-state index contributed by atoms with van der Waals surface area (Å²) in [5.74, 6) is 1.55. The molecule has 0 aliphatic rings. The van der Waals surface area contributed by atoms with E-state index < -0.39 is 5.60 Å². The van der Waals surface area contributed by atoms with Crippen LogP contribution in [-0.4, -0.2) is 23.9 Å². The lowest BCUT2D eigenvalue weighted by atomic mass is 10.1. The highest BCUT2D eigenvalue weighted by Gasteiger charge is 2.12. The molecule has 1 rings (SSSR count). The predicted molar refractivity (Wildman–Crippen MR) is 79.4 cm³/mol. The number of ether oxygens (including phenoxy) is 1. The second-order valence-electron chi connectivity index (χ2n) is 6.04. The van der Waals surface area contributed by atoms with E-state index in [0.29, 0.717) is 18.9 Å². The number of benzene rings is 1. The van der Waals surface area contributed by atoms with Crippen LogP contribution >= 0.6 is 0 Å². The lowest BCUT2D eigenvalue weighted by Crippen LogP contribution is -2.22. The van der Waals surface area contributed by atoms with Gasteiger partial charge in [0.1, 0.15) is 5.75 Å². The molecule has 0 radical (unpaired) electrons. The van der Waals surface area contributed by atoms with Crippen molar-refractivity contribution in [2.45, 2.75) is 46.3 Å². The molecule has 3 heteroatoms. The number of rotatable bonds is 8. The van der Waals surface area contributed by atoms with Gasteiger partial charge in [-0.15, -0.1) is 0 Å². The molecule has 1 aromatic carbocycles. The molecule has 108 valence electrons. The zero-order valence-electron chi connectivity index (χ0n) is 12.6. The van der Waals surface area contributed by atoms with Crippen LogP contribution in [0.5, 0.6) is 5.75 Å². The largest absolute Gasteiger partial charge is 0.493 e. The van der Waals surface area contributed by atoms with Crippen LogP contribution in [0.15, 0.2) is 24.3 Å². The SMILES string of the molecule is CC(C)CNCc1ccccc1OCCC(C)(C)O. The first-order valence-electron chi connectivity index (χ1n) is 7.02. The van der Waals surface area contributed by atoms with Gasteiger partial charge in [0, 0.05) is 18.5 Å². The van der Waals surface area contributed by atoms with E-state index in [1.165, 1.54) is 5.56 Å². The number of nitrogens with one attached hydrogen (secondary N) is 1. The molecule has 1 aromatic rings. The van der Waals surface area contributed by atoms with Crippen molar-refractivity contribution in [3.63, 3.8) is 0 Å². The van der Waals surface area contributed by atoms with Gasteiger partial charge in [-0.1, -0.05) is 32.0 Å². The highest BCUT2D eigenvalue weighted by atomic mass is 16.5. The summed E-state index contributed by atoms with van der Waals surface area (Å²) in [6.45, 7) is 10.3. The van der Waals surface area contributed by atoms with Crippen molar-refractivity contribution in [3.8, 4) is 5.75 Å². The van der Waals surface area contributed by atoms with E-state index in [1.54, 1.807) is 13.8 Å². The Bertz CT molecular complexity index is 369. The molecule has 0 aromatic heterocycles. The first-order valence-corrected chi connectivity index (χ1v) is 7.02. The van der Waals surface area contributed by atoms with Crippen molar-refractivity contribution in [1.82, 2.24) is 5.32 Å². The van der Waals surface area contributed by atoms with Crippen molar-refractivity contribution in [1.29, 1.82) is 0 Å². The number of para-hydroxylation sites is 1. The molecule has 0 fully saturated rings. The fourth-order valence-electron chi connectivity index (χ4n) is 1.70. The fourth-order valence-corrected chi connectivity index (χ4v) is 1.70. The third-order valence-electron chi connectivity index (χ3n) is 2.81. The molecule has 0 aliphatic heterocycles. The summed E-state index contributed by atoms with van der Waals surface area (Å²) in [6.07, 6.45) is 0.626. The molecule has 0 atom stereocenters. The van der Waals surface area contributed by atoms with Crippen LogP contribution in [0.25, 0.3) is 0 Å². The first kappa shape index (κ1) is 16.0. The van der Waals surface area contributed by atoms with Gasteiger partial charge in [0.05, 0.1) is 12.2 Å². The van der Waals surface area contributed by atoms with Gasteiger partial charge >= 0.3 is 0 Å². The van der Waals surface area contributed by atoms with E-state index >= 15 is 0 Å². The van der Waals surface area contributed by atoms with Gasteiger partial charge in [-0.3, -0.25) is 0 Å². The summed E-state index contributed by atoms with van der Waals surface area (Å²) in [5, 5.41) is 13.1. The zero-order chi connectivity index (χ0) is 14.3. The molecule has 0 amide bonds. The number of hydrogen-bond donors (Lipinski definition) is 2. The van der Waals surface area contributed by atoms with Gasteiger partial charge in [0.25, 0.3) is 0 Å². The molecule has 19 heavy (non-hydrogen) atoms. The van der Waals surface area contributed by atoms with E-state index in [4.69, 9.17) is 4.74 Å². The monoisotopic (exact) mass is 265 g/mol. The van der Waals surface area contributed by atoms with Gasteiger partial charge in [0.2, 0.25) is 0 Å². The Morgan fingerprint density at radius 1 is 1.26 bits per heavy atom. The predicted octanol–water partition coefficient (Wildman–Crippen LogP) is 2.97. The second kappa shape index (κ2) is 7.51. The second-order valence-corrected chi connectivity index (χ2v) is 6.04. The Kier molecular flexibility index (Phi) is 6.32. The third-order valence-corrected chi connectivity index (χ3v) is 2.81. The minimum atomic E-state index is -0.676. The number of hydrogen-bond acceptors (Lipinski definition) is 3. The van der Waals surface area contributed by atoms with Crippen molar-refractivity contribution >= 4 is 0 Å². The van der Waals surface area contributed by atoms with Gasteiger partial charge in [-0.25, -0.2) is 0 Å². The average Bonchev–Trinajstić information content (AvgIpc) is 2.29. The molecule has 0 bridgehead atoms. The topological polar surface area (TPSA) is 41.5 Å².